The Labute approximate surface area is 144 Å². The van der Waals surface area contributed by atoms with Gasteiger partial charge in [-0.1, -0.05) is 58.3 Å². The van der Waals surface area contributed by atoms with Crippen LogP contribution < -0.4 is 0 Å². The predicted octanol–water partition coefficient (Wildman–Crippen LogP) is 2.05. The van der Waals surface area contributed by atoms with Crippen molar-refractivity contribution < 1.29 is 25.2 Å². The molecule has 0 bridgehead atoms. The van der Waals surface area contributed by atoms with Gasteiger partial charge in [0, 0.05) is 0 Å². The molecule has 0 amide bonds. The molecule has 0 aromatic heterocycles. The van der Waals surface area contributed by atoms with Gasteiger partial charge < -0.3 is 25.2 Å². The van der Waals surface area contributed by atoms with E-state index >= 15 is 0 Å². The average Bonchev–Trinajstić information content (AvgIpc) is 2.56. The number of hydrogen-bond acceptors (Lipinski definition) is 6. The highest BCUT2D eigenvalue weighted by Crippen LogP contribution is 2.29. The van der Waals surface area contributed by atoms with E-state index in [9.17, 15) is 15.3 Å². The van der Waals surface area contributed by atoms with Gasteiger partial charge in [-0.15, -0.1) is 11.8 Å². The maximum Gasteiger partial charge on any atom is 0.132 e. The Morgan fingerprint density at radius 2 is 1.35 bits per heavy atom. The fourth-order valence-electron chi connectivity index (χ4n) is 2.82. The average molecular weight is 351 g/mol. The third kappa shape index (κ3) is 7.71. The molecular formula is C17H34O5S. The normalized spacial score (nSPS) is 31.4. The molecule has 1 saturated heterocycles. The SMILES string of the molecule is CCCCCCCCCCCSC1O[C@H](CO)[C@@H](O)[C@H](O)[C@H]1O. The Kier molecular flexibility index (Phi) is 11.5. The Morgan fingerprint density at radius 1 is 0.783 bits per heavy atom. The first-order valence-corrected chi connectivity index (χ1v) is 10.1. The van der Waals surface area contributed by atoms with Crippen molar-refractivity contribution in [3.8, 4) is 0 Å². The molecular weight excluding hydrogens is 316 g/mol. The molecule has 0 spiro atoms. The van der Waals surface area contributed by atoms with Gasteiger partial charge in [0.25, 0.3) is 0 Å². The standard InChI is InChI=1S/C17H34O5S/c1-2-3-4-5-6-7-8-9-10-11-23-17-16(21)15(20)14(19)13(12-18)22-17/h13-21H,2-12H2,1H3/t13-,14-,15+,16-,17?/m1/s1. The molecule has 138 valence electrons. The van der Waals surface area contributed by atoms with E-state index in [-0.39, 0.29) is 6.61 Å². The van der Waals surface area contributed by atoms with Gasteiger partial charge in [-0.3, -0.25) is 0 Å². The summed E-state index contributed by atoms with van der Waals surface area (Å²) in [4.78, 5) is 0. The van der Waals surface area contributed by atoms with Crippen LogP contribution >= 0.6 is 11.8 Å². The molecule has 0 aromatic rings. The van der Waals surface area contributed by atoms with Crippen LogP contribution in [-0.4, -0.2) is 62.6 Å². The van der Waals surface area contributed by atoms with E-state index in [1.807, 2.05) is 0 Å². The smallest absolute Gasteiger partial charge is 0.132 e. The van der Waals surface area contributed by atoms with Crippen LogP contribution in [0.25, 0.3) is 0 Å². The largest absolute Gasteiger partial charge is 0.394 e. The third-order valence-electron chi connectivity index (χ3n) is 4.38. The summed E-state index contributed by atoms with van der Waals surface area (Å²) < 4.78 is 5.47. The van der Waals surface area contributed by atoms with E-state index in [0.717, 1.165) is 18.6 Å². The van der Waals surface area contributed by atoms with Crippen LogP contribution in [0.2, 0.25) is 0 Å². The zero-order chi connectivity index (χ0) is 17.1. The van der Waals surface area contributed by atoms with Crippen LogP contribution in [0, 0.1) is 0 Å². The molecule has 23 heavy (non-hydrogen) atoms. The molecule has 1 aliphatic heterocycles. The molecule has 0 radical (unpaired) electrons. The molecule has 5 atom stereocenters. The highest BCUT2D eigenvalue weighted by molar-refractivity contribution is 7.99. The highest BCUT2D eigenvalue weighted by Gasteiger charge is 2.43. The fraction of sp³-hybridized carbons (Fsp3) is 1.00. The minimum atomic E-state index is -1.26. The zero-order valence-electron chi connectivity index (χ0n) is 14.3. The second kappa shape index (κ2) is 12.5. The maximum absolute atomic E-state index is 9.93. The van der Waals surface area contributed by atoms with Crippen molar-refractivity contribution in [3.05, 3.63) is 0 Å². The van der Waals surface area contributed by atoms with Crippen molar-refractivity contribution in [2.45, 2.75) is 94.6 Å². The van der Waals surface area contributed by atoms with Gasteiger partial charge in [0.05, 0.1) is 6.61 Å². The van der Waals surface area contributed by atoms with E-state index in [0.29, 0.717) is 0 Å². The van der Waals surface area contributed by atoms with Crippen molar-refractivity contribution in [1.29, 1.82) is 0 Å². The molecule has 1 fully saturated rings. The topological polar surface area (TPSA) is 90.2 Å². The zero-order valence-corrected chi connectivity index (χ0v) is 15.1. The molecule has 4 N–H and O–H groups in total. The second-order valence-corrected chi connectivity index (χ2v) is 7.60. The lowest BCUT2D eigenvalue weighted by Gasteiger charge is -2.39. The molecule has 0 aliphatic carbocycles. The van der Waals surface area contributed by atoms with Crippen molar-refractivity contribution in [3.63, 3.8) is 0 Å². The Bertz CT molecular complexity index is 290. The summed E-state index contributed by atoms with van der Waals surface area (Å²) in [6.45, 7) is 1.87. The number of ether oxygens (including phenoxy) is 1. The van der Waals surface area contributed by atoms with E-state index < -0.39 is 29.9 Å². The summed E-state index contributed by atoms with van der Waals surface area (Å²) in [5.41, 5.74) is -0.584. The lowest BCUT2D eigenvalue weighted by molar-refractivity contribution is -0.205. The minimum Gasteiger partial charge on any atom is -0.394 e. The fourth-order valence-corrected chi connectivity index (χ4v) is 4.00. The molecule has 6 heteroatoms. The van der Waals surface area contributed by atoms with Crippen LogP contribution in [0.5, 0.6) is 0 Å². The number of thioether (sulfide) groups is 1. The van der Waals surface area contributed by atoms with Crippen molar-refractivity contribution >= 4 is 11.8 Å². The van der Waals surface area contributed by atoms with Crippen LogP contribution in [0.3, 0.4) is 0 Å². The number of unbranched alkanes of at least 4 members (excludes halogenated alkanes) is 8. The van der Waals surface area contributed by atoms with Gasteiger partial charge in [-0.25, -0.2) is 0 Å². The van der Waals surface area contributed by atoms with Crippen molar-refractivity contribution in [1.82, 2.24) is 0 Å². The Hall–Kier alpha value is 0.150. The summed E-state index contributed by atoms with van der Waals surface area (Å²) in [5.74, 6) is 0.846. The van der Waals surface area contributed by atoms with Crippen molar-refractivity contribution in [2.24, 2.45) is 0 Å². The number of aliphatic hydroxyl groups is 4. The molecule has 5 nitrogen and oxygen atoms in total. The first-order chi connectivity index (χ1) is 11.1. The number of rotatable bonds is 12. The van der Waals surface area contributed by atoms with E-state index in [1.165, 1.54) is 56.7 Å². The lowest BCUT2D eigenvalue weighted by atomic mass is 10.0. The van der Waals surface area contributed by atoms with Gasteiger partial charge in [0.2, 0.25) is 0 Å². The minimum absolute atomic E-state index is 0.361. The van der Waals surface area contributed by atoms with Crippen molar-refractivity contribution in [2.75, 3.05) is 12.4 Å². The summed E-state index contributed by atoms with van der Waals surface area (Å²) >= 11 is 1.45. The van der Waals surface area contributed by atoms with E-state index in [4.69, 9.17) is 9.84 Å². The predicted molar refractivity (Wildman–Crippen MR) is 93.5 cm³/mol. The Balaban J connectivity index is 2.06. The Morgan fingerprint density at radius 3 is 1.91 bits per heavy atom. The van der Waals surface area contributed by atoms with Crippen LogP contribution in [0.1, 0.15) is 64.7 Å². The molecule has 1 aliphatic rings. The summed E-state index contributed by atoms with van der Waals surface area (Å²) in [7, 11) is 0. The monoisotopic (exact) mass is 350 g/mol. The van der Waals surface area contributed by atoms with Crippen LogP contribution in [0.15, 0.2) is 0 Å². The third-order valence-corrected chi connectivity index (χ3v) is 5.62. The summed E-state index contributed by atoms with van der Waals surface area (Å²) in [5, 5.41) is 38.5. The quantitative estimate of drug-likeness (QED) is 0.403. The van der Waals surface area contributed by atoms with Gasteiger partial charge in [0.15, 0.2) is 0 Å². The first-order valence-electron chi connectivity index (χ1n) is 9.04. The number of aliphatic hydroxyl groups excluding tert-OH is 4. The lowest BCUT2D eigenvalue weighted by Crippen LogP contribution is -2.57. The maximum atomic E-state index is 9.93. The molecule has 0 saturated carbocycles. The molecule has 0 aromatic carbocycles. The van der Waals surface area contributed by atoms with Gasteiger partial charge in [0.1, 0.15) is 29.9 Å². The van der Waals surface area contributed by atoms with Gasteiger partial charge in [-0.05, 0) is 12.2 Å². The molecule has 1 unspecified atom stereocenters. The second-order valence-electron chi connectivity index (χ2n) is 6.40. The number of hydrogen-bond donors (Lipinski definition) is 4. The first kappa shape index (κ1) is 21.2. The van der Waals surface area contributed by atoms with Crippen LogP contribution in [0.4, 0.5) is 0 Å². The highest BCUT2D eigenvalue weighted by atomic mass is 32.2. The van der Waals surface area contributed by atoms with Gasteiger partial charge >= 0.3 is 0 Å². The molecule has 1 heterocycles. The van der Waals surface area contributed by atoms with E-state index in [1.54, 1.807) is 0 Å². The summed E-state index contributed by atoms with van der Waals surface area (Å²) in [6.07, 6.45) is 6.94. The molecule has 1 rings (SSSR count). The van der Waals surface area contributed by atoms with Crippen LogP contribution in [-0.2, 0) is 4.74 Å². The van der Waals surface area contributed by atoms with E-state index in [2.05, 4.69) is 6.92 Å². The van der Waals surface area contributed by atoms with Gasteiger partial charge in [-0.2, -0.15) is 0 Å². The summed E-state index contributed by atoms with van der Waals surface area (Å²) in [6, 6.07) is 0.